The zero-order valence-electron chi connectivity index (χ0n) is 20.1. The summed E-state index contributed by atoms with van der Waals surface area (Å²) in [4.78, 5) is 7.95. The lowest BCUT2D eigenvalue weighted by atomic mass is 9.68. The van der Waals surface area contributed by atoms with Gasteiger partial charge in [0, 0.05) is 35.1 Å². The summed E-state index contributed by atoms with van der Waals surface area (Å²) in [5, 5.41) is 4.03. The first-order chi connectivity index (χ1) is 16.9. The Balaban J connectivity index is 1.18. The molecule has 5 fully saturated rings. The van der Waals surface area contributed by atoms with E-state index in [1.807, 2.05) is 6.20 Å². The zero-order valence-corrected chi connectivity index (χ0v) is 20.1. The highest BCUT2D eigenvalue weighted by Crippen LogP contribution is 2.56. The molecular formula is C31H36N2O. The van der Waals surface area contributed by atoms with Crippen molar-refractivity contribution in [3.8, 4) is 0 Å². The van der Waals surface area contributed by atoms with Gasteiger partial charge in [-0.1, -0.05) is 55.7 Å². The molecule has 8 atom stereocenters. The lowest BCUT2D eigenvalue weighted by molar-refractivity contribution is -0.177. The third kappa shape index (κ3) is 2.86. The SMILES string of the molecule is c1cnc2c(c1)ccc1cccc(C3CCC4C(C3)C3CCCC5OC6CCCCC6N4C53)c12. The number of nitrogens with zero attached hydrogens (tertiary/aromatic N) is 2. The van der Waals surface area contributed by atoms with Gasteiger partial charge in [0.2, 0.25) is 0 Å². The molecule has 0 amide bonds. The fraction of sp³-hybridized carbons (Fsp3) is 0.581. The van der Waals surface area contributed by atoms with E-state index in [0.29, 0.717) is 30.2 Å². The van der Waals surface area contributed by atoms with Gasteiger partial charge in [0.15, 0.2) is 0 Å². The molecule has 2 aliphatic heterocycles. The molecule has 3 aliphatic carbocycles. The summed E-state index contributed by atoms with van der Waals surface area (Å²) in [6.45, 7) is 0. The van der Waals surface area contributed by atoms with Gasteiger partial charge in [-0.05, 0) is 79.7 Å². The average Bonchev–Trinajstić information content (AvgIpc) is 3.24. The highest BCUT2D eigenvalue weighted by Gasteiger charge is 2.59. The van der Waals surface area contributed by atoms with Crippen LogP contribution in [0.4, 0.5) is 0 Å². The van der Waals surface area contributed by atoms with Crippen molar-refractivity contribution in [1.29, 1.82) is 0 Å². The number of hydrogen-bond acceptors (Lipinski definition) is 3. The highest BCUT2D eigenvalue weighted by molar-refractivity contribution is 6.07. The molecular weight excluding hydrogens is 416 g/mol. The predicted molar refractivity (Wildman–Crippen MR) is 137 cm³/mol. The number of fused-ring (bicyclic) bond motifs is 8. The third-order valence-corrected chi connectivity index (χ3v) is 10.5. The molecule has 3 saturated carbocycles. The molecule has 3 heterocycles. The molecule has 3 aromatic rings. The van der Waals surface area contributed by atoms with Crippen molar-refractivity contribution in [2.45, 2.75) is 100 Å². The fourth-order valence-corrected chi connectivity index (χ4v) is 9.27. The summed E-state index contributed by atoms with van der Waals surface area (Å²) in [5.74, 6) is 2.34. The number of rotatable bonds is 1. The van der Waals surface area contributed by atoms with Crippen molar-refractivity contribution in [3.63, 3.8) is 0 Å². The van der Waals surface area contributed by atoms with Crippen molar-refractivity contribution in [1.82, 2.24) is 9.88 Å². The van der Waals surface area contributed by atoms with E-state index >= 15 is 0 Å². The number of hydrogen-bond donors (Lipinski definition) is 0. The van der Waals surface area contributed by atoms with Crippen molar-refractivity contribution >= 4 is 21.7 Å². The monoisotopic (exact) mass is 452 g/mol. The largest absolute Gasteiger partial charge is 0.372 e. The molecule has 2 saturated heterocycles. The number of morpholine rings is 1. The van der Waals surface area contributed by atoms with E-state index in [-0.39, 0.29) is 0 Å². The normalized spacial score (nSPS) is 39.5. The van der Waals surface area contributed by atoms with Crippen LogP contribution in [0.3, 0.4) is 0 Å². The molecule has 2 aromatic carbocycles. The molecule has 0 radical (unpaired) electrons. The van der Waals surface area contributed by atoms with Crippen molar-refractivity contribution in [2.24, 2.45) is 11.8 Å². The van der Waals surface area contributed by atoms with Crippen LogP contribution in [-0.4, -0.2) is 40.2 Å². The van der Waals surface area contributed by atoms with Gasteiger partial charge in [0.25, 0.3) is 0 Å². The van der Waals surface area contributed by atoms with E-state index in [2.05, 4.69) is 47.4 Å². The maximum absolute atomic E-state index is 6.85. The number of pyridine rings is 1. The predicted octanol–water partition coefficient (Wildman–Crippen LogP) is 6.83. The minimum Gasteiger partial charge on any atom is -0.372 e. The van der Waals surface area contributed by atoms with E-state index < -0.39 is 0 Å². The topological polar surface area (TPSA) is 25.4 Å². The van der Waals surface area contributed by atoms with Gasteiger partial charge in [-0.15, -0.1) is 0 Å². The van der Waals surface area contributed by atoms with E-state index in [0.717, 1.165) is 17.9 Å². The van der Waals surface area contributed by atoms with Gasteiger partial charge in [0.05, 0.1) is 17.7 Å². The average molecular weight is 453 g/mol. The Morgan fingerprint density at radius 1 is 0.735 bits per heavy atom. The molecule has 0 spiro atoms. The molecule has 176 valence electrons. The molecule has 34 heavy (non-hydrogen) atoms. The molecule has 3 heteroatoms. The van der Waals surface area contributed by atoms with Crippen LogP contribution in [-0.2, 0) is 4.74 Å². The van der Waals surface area contributed by atoms with Crippen LogP contribution in [0.1, 0.15) is 75.7 Å². The van der Waals surface area contributed by atoms with E-state index in [4.69, 9.17) is 9.72 Å². The Morgan fingerprint density at radius 2 is 1.62 bits per heavy atom. The minimum atomic E-state index is 0.507. The highest BCUT2D eigenvalue weighted by atomic mass is 16.5. The van der Waals surface area contributed by atoms with Crippen molar-refractivity contribution in [3.05, 3.63) is 54.2 Å². The lowest BCUT2D eigenvalue weighted by Crippen LogP contribution is -2.63. The minimum absolute atomic E-state index is 0.507. The van der Waals surface area contributed by atoms with Gasteiger partial charge < -0.3 is 4.74 Å². The maximum atomic E-state index is 6.85. The Hall–Kier alpha value is -1.97. The van der Waals surface area contributed by atoms with Crippen molar-refractivity contribution in [2.75, 3.05) is 0 Å². The van der Waals surface area contributed by atoms with Gasteiger partial charge in [-0.3, -0.25) is 9.88 Å². The second-order valence-corrected chi connectivity index (χ2v) is 11.9. The summed E-state index contributed by atoms with van der Waals surface area (Å²) < 4.78 is 6.85. The fourth-order valence-electron chi connectivity index (χ4n) is 9.27. The summed E-state index contributed by atoms with van der Waals surface area (Å²) >= 11 is 0. The number of aromatic nitrogens is 1. The molecule has 8 unspecified atom stereocenters. The van der Waals surface area contributed by atoms with E-state index in [1.54, 1.807) is 5.56 Å². The number of benzene rings is 2. The van der Waals surface area contributed by atoms with Crippen LogP contribution in [0.5, 0.6) is 0 Å². The Bertz CT molecular complexity index is 1240. The first-order valence-corrected chi connectivity index (χ1v) is 14.1. The Labute approximate surface area is 202 Å². The summed E-state index contributed by atoms with van der Waals surface area (Å²) in [6.07, 6.45) is 16.6. The molecule has 0 bridgehead atoms. The molecule has 1 aromatic heterocycles. The van der Waals surface area contributed by atoms with E-state index in [1.165, 1.54) is 85.9 Å². The lowest BCUT2D eigenvalue weighted by Gasteiger charge is -2.53. The van der Waals surface area contributed by atoms with Crippen molar-refractivity contribution < 1.29 is 4.74 Å². The van der Waals surface area contributed by atoms with Gasteiger partial charge in [0.1, 0.15) is 0 Å². The van der Waals surface area contributed by atoms with Crippen LogP contribution >= 0.6 is 0 Å². The second-order valence-electron chi connectivity index (χ2n) is 11.9. The molecule has 5 aliphatic rings. The quantitative estimate of drug-likeness (QED) is 0.378. The first-order valence-electron chi connectivity index (χ1n) is 14.1. The van der Waals surface area contributed by atoms with Gasteiger partial charge >= 0.3 is 0 Å². The van der Waals surface area contributed by atoms with E-state index in [9.17, 15) is 0 Å². The standard InChI is InChI=1S/C31H36N2O/c1-2-11-27-26(10-1)33-25-16-15-21(18-24(25)23-9-4-12-28(34-27)31(23)33)22-8-3-6-19-13-14-20-7-5-17-32-30(20)29(19)22/h3,5-8,13-14,17,21,23-28,31H,1-2,4,9-12,15-16,18H2. The number of ether oxygens (including phenoxy) is 1. The zero-order chi connectivity index (χ0) is 22.2. The van der Waals surface area contributed by atoms with Crippen LogP contribution in [0.2, 0.25) is 0 Å². The Morgan fingerprint density at radius 3 is 2.62 bits per heavy atom. The third-order valence-electron chi connectivity index (χ3n) is 10.5. The van der Waals surface area contributed by atoms with Gasteiger partial charge in [-0.25, -0.2) is 0 Å². The summed E-state index contributed by atoms with van der Waals surface area (Å²) in [6, 6.07) is 18.0. The first kappa shape index (κ1) is 20.2. The second kappa shape index (κ2) is 7.77. The van der Waals surface area contributed by atoms with Crippen LogP contribution in [0, 0.1) is 11.8 Å². The maximum Gasteiger partial charge on any atom is 0.0783 e. The van der Waals surface area contributed by atoms with Crippen LogP contribution in [0.15, 0.2) is 48.7 Å². The Kier molecular flexibility index (Phi) is 4.62. The molecule has 8 rings (SSSR count). The van der Waals surface area contributed by atoms with Gasteiger partial charge in [-0.2, -0.15) is 0 Å². The molecule has 0 N–H and O–H groups in total. The summed E-state index contributed by atoms with van der Waals surface area (Å²) in [7, 11) is 0. The smallest absolute Gasteiger partial charge is 0.0783 e. The summed E-state index contributed by atoms with van der Waals surface area (Å²) in [5.41, 5.74) is 2.75. The van der Waals surface area contributed by atoms with Crippen LogP contribution < -0.4 is 0 Å². The molecule has 3 nitrogen and oxygen atoms in total. The van der Waals surface area contributed by atoms with Crippen LogP contribution in [0.25, 0.3) is 21.7 Å².